The van der Waals surface area contributed by atoms with Crippen LogP contribution >= 0.6 is 0 Å². The molecule has 0 radical (unpaired) electrons. The summed E-state index contributed by atoms with van der Waals surface area (Å²) in [6.45, 7) is 1.52. The highest BCUT2D eigenvalue weighted by Gasteiger charge is 2.24. The van der Waals surface area contributed by atoms with Crippen molar-refractivity contribution in [3.63, 3.8) is 0 Å². The summed E-state index contributed by atoms with van der Waals surface area (Å²) in [4.78, 5) is 20.1. The van der Waals surface area contributed by atoms with Gasteiger partial charge < -0.3 is 9.64 Å². The van der Waals surface area contributed by atoms with E-state index in [1.54, 1.807) is 25.2 Å². The van der Waals surface area contributed by atoms with Gasteiger partial charge in [-0.05, 0) is 42.7 Å². The molecule has 0 N–H and O–H groups in total. The average Bonchev–Trinajstić information content (AvgIpc) is 3.30. The van der Waals surface area contributed by atoms with Crippen molar-refractivity contribution in [2.24, 2.45) is 7.05 Å². The Morgan fingerprint density at radius 2 is 1.74 bits per heavy atom. The van der Waals surface area contributed by atoms with Crippen molar-refractivity contribution >= 4 is 5.95 Å². The quantitative estimate of drug-likeness (QED) is 0.638. The molecular weight excluding hydrogens is 402 g/mol. The summed E-state index contributed by atoms with van der Waals surface area (Å²) in [5, 5.41) is 9.04. The highest BCUT2D eigenvalue weighted by molar-refractivity contribution is 5.81. The van der Waals surface area contributed by atoms with E-state index < -0.39 is 11.6 Å². The molecule has 0 atom stereocenters. The van der Waals surface area contributed by atoms with Crippen LogP contribution in [0.3, 0.4) is 0 Å². The number of anilines is 1. The molecule has 0 unspecified atom stereocenters. The summed E-state index contributed by atoms with van der Waals surface area (Å²) in [6, 6.07) is 10.1. The number of methoxy groups -OCH3 is 1. The van der Waals surface area contributed by atoms with Crippen LogP contribution in [-0.2, 0) is 7.05 Å². The number of aromatic nitrogens is 2. The Labute approximate surface area is 178 Å². The minimum absolute atomic E-state index is 0.0492. The highest BCUT2D eigenvalue weighted by Crippen LogP contribution is 2.33. The minimum atomic E-state index is -0.711. The number of nitriles is 1. The lowest BCUT2D eigenvalue weighted by atomic mass is 9.99. The number of ether oxygens (including phenoxy) is 1. The first-order valence-electron chi connectivity index (χ1n) is 9.84. The lowest BCUT2D eigenvalue weighted by Gasteiger charge is -2.22. The number of hydrogen-bond donors (Lipinski definition) is 0. The molecule has 1 aliphatic heterocycles. The molecule has 3 aromatic rings. The highest BCUT2D eigenvalue weighted by atomic mass is 19.1. The Hall–Kier alpha value is -3.73. The molecule has 6 nitrogen and oxygen atoms in total. The third-order valence-corrected chi connectivity index (χ3v) is 5.46. The molecular formula is C23H20F2N4O2. The van der Waals surface area contributed by atoms with Crippen molar-refractivity contribution < 1.29 is 13.5 Å². The lowest BCUT2D eigenvalue weighted by molar-refractivity contribution is 0.386. The molecule has 31 heavy (non-hydrogen) atoms. The van der Waals surface area contributed by atoms with Gasteiger partial charge in [0.1, 0.15) is 11.9 Å². The van der Waals surface area contributed by atoms with Gasteiger partial charge in [0.05, 0.1) is 23.9 Å². The van der Waals surface area contributed by atoms with Crippen molar-refractivity contribution in [2.75, 3.05) is 25.1 Å². The van der Waals surface area contributed by atoms with Crippen molar-refractivity contribution in [1.29, 1.82) is 5.26 Å². The number of hydrogen-bond acceptors (Lipinski definition) is 5. The third-order valence-electron chi connectivity index (χ3n) is 5.46. The van der Waals surface area contributed by atoms with Crippen molar-refractivity contribution in [2.45, 2.75) is 12.8 Å². The molecule has 1 saturated heterocycles. The molecule has 1 aromatic heterocycles. The molecule has 0 spiro atoms. The monoisotopic (exact) mass is 422 g/mol. The number of halogens is 2. The second kappa shape index (κ2) is 8.19. The third kappa shape index (κ3) is 3.63. The zero-order chi connectivity index (χ0) is 22.1. The fraction of sp³-hybridized carbons (Fsp3) is 0.261. The first-order chi connectivity index (χ1) is 14.9. The van der Waals surface area contributed by atoms with Gasteiger partial charge in [0.15, 0.2) is 11.6 Å². The Morgan fingerprint density at radius 3 is 2.35 bits per heavy atom. The van der Waals surface area contributed by atoms with Crippen LogP contribution in [0.25, 0.3) is 22.4 Å². The second-order valence-corrected chi connectivity index (χ2v) is 7.35. The molecule has 2 heterocycles. The number of benzene rings is 2. The van der Waals surface area contributed by atoms with E-state index in [0.717, 1.165) is 25.9 Å². The summed E-state index contributed by atoms with van der Waals surface area (Å²) < 4.78 is 35.2. The topological polar surface area (TPSA) is 71.2 Å². The summed E-state index contributed by atoms with van der Waals surface area (Å²) in [5.41, 5.74) is 0.541. The predicted octanol–water partition coefficient (Wildman–Crippen LogP) is 3.87. The van der Waals surface area contributed by atoms with E-state index in [-0.39, 0.29) is 28.1 Å². The van der Waals surface area contributed by atoms with Crippen LogP contribution in [0.5, 0.6) is 5.75 Å². The first-order valence-corrected chi connectivity index (χ1v) is 9.84. The maximum Gasteiger partial charge on any atom is 0.263 e. The van der Waals surface area contributed by atoms with Gasteiger partial charge in [-0.3, -0.25) is 9.36 Å². The molecule has 1 aliphatic rings. The lowest BCUT2D eigenvalue weighted by Crippen LogP contribution is -2.31. The van der Waals surface area contributed by atoms with Crippen molar-refractivity contribution in [3.05, 3.63) is 63.9 Å². The van der Waals surface area contributed by atoms with E-state index in [0.29, 0.717) is 17.1 Å². The fourth-order valence-electron chi connectivity index (χ4n) is 3.83. The van der Waals surface area contributed by atoms with Crippen LogP contribution in [0.15, 0.2) is 41.2 Å². The Kier molecular flexibility index (Phi) is 5.42. The summed E-state index contributed by atoms with van der Waals surface area (Å²) >= 11 is 0. The smallest absolute Gasteiger partial charge is 0.263 e. The van der Waals surface area contributed by atoms with Crippen molar-refractivity contribution in [3.8, 4) is 34.2 Å². The molecule has 0 amide bonds. The fourth-order valence-corrected chi connectivity index (χ4v) is 3.83. The van der Waals surface area contributed by atoms with Crippen LogP contribution in [0.4, 0.5) is 14.7 Å². The maximum absolute atomic E-state index is 14.4. The Balaban J connectivity index is 2.00. The van der Waals surface area contributed by atoms with Gasteiger partial charge in [-0.25, -0.2) is 13.8 Å². The predicted molar refractivity (Wildman–Crippen MR) is 113 cm³/mol. The molecule has 2 aromatic carbocycles. The largest absolute Gasteiger partial charge is 0.494 e. The number of nitrogens with zero attached hydrogens (tertiary/aromatic N) is 4. The van der Waals surface area contributed by atoms with Crippen LogP contribution in [0, 0.1) is 23.0 Å². The van der Waals surface area contributed by atoms with E-state index in [1.165, 1.54) is 35.9 Å². The molecule has 8 heteroatoms. The molecule has 1 fully saturated rings. The van der Waals surface area contributed by atoms with Crippen LogP contribution in [0.1, 0.15) is 18.4 Å². The van der Waals surface area contributed by atoms with Crippen molar-refractivity contribution in [1.82, 2.24) is 9.55 Å². The normalized spacial score (nSPS) is 13.3. The molecule has 158 valence electrons. The van der Waals surface area contributed by atoms with Gasteiger partial charge in [-0.1, -0.05) is 12.1 Å². The van der Waals surface area contributed by atoms with Crippen LogP contribution in [-0.4, -0.2) is 29.8 Å². The van der Waals surface area contributed by atoms with E-state index in [2.05, 4.69) is 0 Å². The van der Waals surface area contributed by atoms with Crippen LogP contribution in [0.2, 0.25) is 0 Å². The summed E-state index contributed by atoms with van der Waals surface area (Å²) in [5.74, 6) is -0.812. The van der Waals surface area contributed by atoms with Gasteiger partial charge in [0, 0.05) is 25.7 Å². The molecule has 4 rings (SSSR count). The van der Waals surface area contributed by atoms with Gasteiger partial charge in [0.25, 0.3) is 5.56 Å². The van der Waals surface area contributed by atoms with E-state index in [1.807, 2.05) is 4.90 Å². The first kappa shape index (κ1) is 20.5. The van der Waals surface area contributed by atoms with Crippen LogP contribution < -0.4 is 15.2 Å². The Bertz CT molecular complexity index is 1260. The van der Waals surface area contributed by atoms with Gasteiger partial charge in [-0.2, -0.15) is 5.26 Å². The average molecular weight is 422 g/mol. The Morgan fingerprint density at radius 1 is 1.06 bits per heavy atom. The second-order valence-electron chi connectivity index (χ2n) is 7.35. The molecule has 0 bridgehead atoms. The van der Waals surface area contributed by atoms with E-state index >= 15 is 0 Å². The standard InChI is InChI=1S/C23H20F2N4O2/c1-28-22(30)20(14-7-8-19(31-2)18(25)11-14)21(27-23(28)29-9-3-4-10-29)15-5-6-16(13-26)17(24)12-15/h5-8,11-12H,3-4,9-10H2,1-2H3. The number of rotatable bonds is 4. The van der Waals surface area contributed by atoms with E-state index in [4.69, 9.17) is 15.0 Å². The maximum atomic E-state index is 14.4. The summed E-state index contributed by atoms with van der Waals surface area (Å²) in [7, 11) is 2.98. The zero-order valence-corrected chi connectivity index (χ0v) is 17.2. The zero-order valence-electron chi connectivity index (χ0n) is 17.2. The summed E-state index contributed by atoms with van der Waals surface area (Å²) in [6.07, 6.45) is 1.98. The van der Waals surface area contributed by atoms with Gasteiger partial charge >= 0.3 is 0 Å². The van der Waals surface area contributed by atoms with Gasteiger partial charge in [0.2, 0.25) is 5.95 Å². The van der Waals surface area contributed by atoms with E-state index in [9.17, 15) is 13.6 Å². The van der Waals surface area contributed by atoms with Gasteiger partial charge in [-0.15, -0.1) is 0 Å². The molecule has 0 saturated carbocycles. The molecule has 0 aliphatic carbocycles. The minimum Gasteiger partial charge on any atom is -0.494 e. The SMILES string of the molecule is COc1ccc(-c2c(-c3ccc(C#N)c(F)c3)nc(N3CCCC3)n(C)c2=O)cc1F.